The molecule has 6 atom stereocenters. The van der Waals surface area contributed by atoms with E-state index in [0.717, 1.165) is 238 Å². The Bertz CT molecular complexity index is 7100. The highest BCUT2D eigenvalue weighted by molar-refractivity contribution is 7.15. The van der Waals surface area contributed by atoms with Gasteiger partial charge >= 0.3 is 0 Å². The first kappa shape index (κ1) is 101. The zero-order chi connectivity index (χ0) is 101. The summed E-state index contributed by atoms with van der Waals surface area (Å²) in [6, 6.07) is 56.3. The van der Waals surface area contributed by atoms with Crippen LogP contribution in [-0.2, 0) is 0 Å². The van der Waals surface area contributed by atoms with Crippen LogP contribution in [0.3, 0.4) is 0 Å². The lowest BCUT2D eigenvalue weighted by atomic mass is 9.94. The van der Waals surface area contributed by atoms with Gasteiger partial charge in [-0.05, 0) is 208 Å². The predicted octanol–water partition coefficient (Wildman–Crippen LogP) is 25.2. The molecule has 0 radical (unpaired) electrons. The van der Waals surface area contributed by atoms with Crippen LogP contribution >= 0.6 is 68.0 Å². The van der Waals surface area contributed by atoms with Crippen LogP contribution in [-0.4, -0.2) is 195 Å². The van der Waals surface area contributed by atoms with E-state index in [9.17, 15) is 41.9 Å². The summed E-state index contributed by atoms with van der Waals surface area (Å²) in [7, 11) is 0. The smallest absolute Gasteiger partial charge is 0.255 e. The molecule has 6 saturated heterocycles. The standard InChI is InChI=1S/C20H22N4OS.2C19H18FN3OS.C18H16FN3OS.C18H18N4OS.C18H17N3OS/c1-2-23-8-9-24(18(13-23)15-6-4-3-5-7-15)20(25)16-10-19(26-14-16)17-11-21-22-12-17;2*20-16-6-4-13(5-7-16)17-3-1-2-8-23(17)19(24)14-9-18(25-12-14)15-10-21-22-11-15;19-15-5-3-12(4-6-15)16-2-1-7-22(16)18(23)13-8-17(24-11-13)14-9-20-21-10-14;23-18(14-9-17(24-12-14)15-10-20-21-11-15)22-8-2-1-3-16(22)13-4-6-19-7-5-13;22-18(14-9-17(23-12-14)15-10-19-20-11-15)21-8-4-7-16(21)13-5-2-1-3-6-13/h3-7,10-12,14,18H,2,8-9,13H2,1H3,(H,21,22);2*4-7,9-12,17H,1-3,8H2,(H,21,22);3-6,8-11,16H,1-2,7H2,(H,20,21);4-7,9-12,16H,1-3,8H2,(H,20,21);1-3,5-6,9-12,16H,4,7-8H2,(H,19,20)/t;17-;;;;/m.1..../s1. The minimum absolute atomic E-state index is 0.0131. The van der Waals surface area contributed by atoms with Gasteiger partial charge in [-0.25, -0.2) is 13.2 Å². The highest BCUT2D eigenvalue weighted by atomic mass is 32.1. The number of benzene rings is 5. The van der Waals surface area contributed by atoms with Crippen LogP contribution in [0.4, 0.5) is 13.2 Å². The lowest BCUT2D eigenvalue weighted by Crippen LogP contribution is -2.50. The second kappa shape index (κ2) is 48.5. The largest absolute Gasteiger partial charge is 0.332 e. The number of piperidine rings is 3. The molecule has 0 saturated carbocycles. The van der Waals surface area contributed by atoms with Crippen molar-refractivity contribution in [2.24, 2.45) is 0 Å². The van der Waals surface area contributed by atoms with Gasteiger partial charge in [0.1, 0.15) is 17.5 Å². The maximum atomic E-state index is 13.3. The highest BCUT2D eigenvalue weighted by Crippen LogP contribution is 2.43. The van der Waals surface area contributed by atoms with E-state index in [1.54, 1.807) is 143 Å². The molecule has 18 aromatic rings. The average molecular weight is 2080 g/mol. The summed E-state index contributed by atoms with van der Waals surface area (Å²) >= 11 is 9.37. The number of thiophene rings is 6. The third-order valence-electron chi connectivity index (χ3n) is 27.5. The van der Waals surface area contributed by atoms with Crippen LogP contribution in [0.1, 0.15) is 222 Å². The van der Waals surface area contributed by atoms with Crippen molar-refractivity contribution < 1.29 is 41.9 Å². The molecule has 0 aliphatic carbocycles. The number of hydrogen-bond acceptors (Lipinski definition) is 20. The van der Waals surface area contributed by atoms with Crippen LogP contribution in [0.25, 0.3) is 62.6 Å². The van der Waals surface area contributed by atoms with E-state index < -0.39 is 0 Å². The van der Waals surface area contributed by atoms with Gasteiger partial charge in [-0.2, -0.15) is 30.6 Å². The fourth-order valence-electron chi connectivity index (χ4n) is 19.8. The quantitative estimate of drug-likeness (QED) is 0.0439. The predicted molar refractivity (Wildman–Crippen MR) is 573 cm³/mol. The zero-order valence-electron chi connectivity index (χ0n) is 80.7. The fourth-order valence-corrected chi connectivity index (χ4v) is 25.0. The summed E-state index contributed by atoms with van der Waals surface area (Å²) in [4.78, 5) is 103. The number of rotatable bonds is 19. The summed E-state index contributed by atoms with van der Waals surface area (Å²) in [5.74, 6) is -0.282. The number of likely N-dealkylation sites (N-methyl/N-ethyl adjacent to an activating group) is 1. The molecule has 35 heteroatoms. The Balaban J connectivity index is 0.000000111. The summed E-state index contributed by atoms with van der Waals surface area (Å²) in [6.45, 7) is 9.58. The van der Waals surface area contributed by atoms with Gasteiger partial charge < -0.3 is 29.4 Å². The minimum Gasteiger partial charge on any atom is -0.332 e. The number of pyridine rings is 1. The molecule has 750 valence electrons. The van der Waals surface area contributed by atoms with Gasteiger partial charge in [-0.3, -0.25) is 69.2 Å². The molecule has 147 heavy (non-hydrogen) atoms. The molecule has 5 unspecified atom stereocenters. The maximum Gasteiger partial charge on any atom is 0.255 e. The second-order valence-corrected chi connectivity index (χ2v) is 42.1. The van der Waals surface area contributed by atoms with E-state index in [1.165, 1.54) is 64.4 Å². The Hall–Kier alpha value is -14.7. The number of aromatic nitrogens is 13. The molecule has 13 aromatic heterocycles. The molecular weight excluding hydrogens is 1970 g/mol. The van der Waals surface area contributed by atoms with Gasteiger partial charge in [0.05, 0.1) is 107 Å². The van der Waals surface area contributed by atoms with Crippen molar-refractivity contribution in [3.8, 4) is 62.6 Å². The lowest BCUT2D eigenvalue weighted by molar-refractivity contribution is 0.0460. The van der Waals surface area contributed by atoms with Crippen molar-refractivity contribution in [1.82, 2.24) is 100 Å². The number of halogens is 3. The van der Waals surface area contributed by atoms with Crippen molar-refractivity contribution in [3.05, 3.63) is 385 Å². The van der Waals surface area contributed by atoms with Gasteiger partial charge in [0.25, 0.3) is 35.4 Å². The van der Waals surface area contributed by atoms with E-state index in [2.05, 4.69) is 102 Å². The lowest BCUT2D eigenvalue weighted by Gasteiger charge is -2.41. The molecule has 26 nitrogen and oxygen atoms in total. The molecule has 6 aliphatic rings. The first-order valence-electron chi connectivity index (χ1n) is 49.4. The minimum atomic E-state index is -0.253. The molecular formula is C112H109F3N20O6S6. The van der Waals surface area contributed by atoms with E-state index in [-0.39, 0.29) is 89.1 Å². The van der Waals surface area contributed by atoms with Gasteiger partial charge in [-0.1, -0.05) is 104 Å². The van der Waals surface area contributed by atoms with Crippen molar-refractivity contribution in [2.45, 2.75) is 127 Å². The van der Waals surface area contributed by atoms with Gasteiger partial charge in [-0.15, -0.1) is 68.0 Å². The Morgan fingerprint density at radius 3 is 0.762 bits per heavy atom. The van der Waals surface area contributed by atoms with Gasteiger partial charge in [0.2, 0.25) is 0 Å². The number of amides is 6. The first-order valence-corrected chi connectivity index (χ1v) is 54.7. The summed E-state index contributed by atoms with van der Waals surface area (Å²) in [5, 5.41) is 52.2. The van der Waals surface area contributed by atoms with Crippen LogP contribution in [0.2, 0.25) is 0 Å². The molecule has 6 amide bonds. The summed E-state index contributed by atoms with van der Waals surface area (Å²) in [5.41, 5.74) is 17.0. The first-order chi connectivity index (χ1) is 72.1. The third kappa shape index (κ3) is 24.5. The molecule has 5 aromatic carbocycles. The number of hydrogen-bond donors (Lipinski definition) is 6. The number of likely N-dealkylation sites (tertiary alicyclic amines) is 5. The fraction of sp³-hybridized carbons (Fsp3) is 0.259. The van der Waals surface area contributed by atoms with E-state index in [1.807, 2.05) is 184 Å². The average Bonchev–Trinajstić information content (AvgIpc) is 1.81. The number of piperazine rings is 1. The number of H-pyrrole nitrogens is 6. The van der Waals surface area contributed by atoms with Crippen molar-refractivity contribution in [2.75, 3.05) is 58.9 Å². The molecule has 6 N–H and O–H groups in total. The Kier molecular flexibility index (Phi) is 33.3. The normalized spacial score (nSPS) is 17.7. The topological polar surface area (TPSA) is 310 Å². The van der Waals surface area contributed by atoms with Crippen LogP contribution in [0.5, 0.6) is 0 Å². The molecule has 6 aliphatic heterocycles. The number of nitrogens with zero attached hydrogens (tertiary/aromatic N) is 14. The van der Waals surface area contributed by atoms with Crippen molar-refractivity contribution in [3.63, 3.8) is 0 Å². The monoisotopic (exact) mass is 2080 g/mol. The maximum absolute atomic E-state index is 13.3. The summed E-state index contributed by atoms with van der Waals surface area (Å²) in [6.07, 6.45) is 38.4. The number of nitrogens with one attached hydrogen (secondary N) is 6. The SMILES string of the molecule is CCN1CCN(C(=O)c2csc(-c3cn[nH]c3)c2)C(c2ccccc2)C1.O=C(c1csc(-c2cn[nH]c2)c1)N1CCCC1c1ccc(F)cc1.O=C(c1csc(-c2cn[nH]c2)c1)N1CCCC1c1ccccc1.O=C(c1csc(-c2cn[nH]c2)c1)N1CCCCC1c1ccc(F)cc1.O=C(c1csc(-c2cn[nH]c2)c1)N1CCCCC1c1ccncc1.O=C(c1csc(-c2cn[nH]c2)c1)N1CCCC[C@@H]1c1ccc(F)cc1. The number of aromatic amines is 6. The zero-order valence-corrected chi connectivity index (χ0v) is 85.6. The molecule has 0 spiro atoms. The van der Waals surface area contributed by atoms with Crippen LogP contribution < -0.4 is 0 Å². The Labute approximate surface area is 872 Å². The van der Waals surface area contributed by atoms with Gasteiger partial charge in [0.15, 0.2) is 0 Å². The molecule has 24 rings (SSSR count). The molecule has 6 fully saturated rings. The molecule has 0 bridgehead atoms. The van der Waals surface area contributed by atoms with Crippen LogP contribution in [0.15, 0.2) is 301 Å². The molecule has 19 heterocycles. The van der Waals surface area contributed by atoms with E-state index in [4.69, 9.17) is 0 Å². The number of carbonyl (C=O) groups excluding carboxylic acids is 6. The number of carbonyl (C=O) groups is 6. The Morgan fingerprint density at radius 2 is 0.510 bits per heavy atom. The highest BCUT2D eigenvalue weighted by Gasteiger charge is 2.38. The van der Waals surface area contributed by atoms with Gasteiger partial charge in [0, 0.05) is 197 Å². The Morgan fingerprint density at radius 1 is 0.279 bits per heavy atom. The van der Waals surface area contributed by atoms with Crippen LogP contribution in [0, 0.1) is 17.5 Å². The second-order valence-electron chi connectivity index (χ2n) is 36.6. The van der Waals surface area contributed by atoms with E-state index >= 15 is 0 Å². The van der Waals surface area contributed by atoms with Crippen molar-refractivity contribution >= 4 is 103 Å². The third-order valence-corrected chi connectivity index (χ3v) is 33.4. The van der Waals surface area contributed by atoms with Crippen molar-refractivity contribution in [1.29, 1.82) is 0 Å². The van der Waals surface area contributed by atoms with E-state index in [0.29, 0.717) is 16.7 Å². The summed E-state index contributed by atoms with van der Waals surface area (Å²) < 4.78 is 39.6.